The van der Waals surface area contributed by atoms with Crippen LogP contribution in [0.2, 0.25) is 0 Å². The summed E-state index contributed by atoms with van der Waals surface area (Å²) in [5.74, 6) is -0.0947. The fraction of sp³-hybridized carbons (Fsp3) is 0.417. The minimum Gasteiger partial charge on any atom is -0.392 e. The van der Waals surface area contributed by atoms with Crippen LogP contribution in [-0.4, -0.2) is 29.7 Å². The average Bonchev–Trinajstić information content (AvgIpc) is 2.70. The van der Waals surface area contributed by atoms with Crippen molar-refractivity contribution in [2.75, 3.05) is 11.9 Å². The Morgan fingerprint density at radius 3 is 3.00 bits per heavy atom. The van der Waals surface area contributed by atoms with Gasteiger partial charge < -0.3 is 15.7 Å². The van der Waals surface area contributed by atoms with Gasteiger partial charge in [0.25, 0.3) is 0 Å². The number of hydrogen-bond donors (Lipinski definition) is 3. The second-order valence-electron chi connectivity index (χ2n) is 4.30. The zero-order valence-electron chi connectivity index (χ0n) is 9.53. The predicted octanol–water partition coefficient (Wildman–Crippen LogP) is 1.42. The van der Waals surface area contributed by atoms with E-state index in [1.54, 1.807) is 0 Å². The van der Waals surface area contributed by atoms with Gasteiger partial charge in [-0.05, 0) is 31.0 Å². The van der Waals surface area contributed by atoms with Crippen LogP contribution in [0.15, 0.2) is 22.7 Å². The Balaban J connectivity index is 2.05. The molecule has 1 aliphatic rings. The maximum Gasteiger partial charge on any atom is 0.241 e. The van der Waals surface area contributed by atoms with E-state index in [1.807, 2.05) is 25.1 Å². The molecule has 92 valence electrons. The van der Waals surface area contributed by atoms with Gasteiger partial charge in [0.05, 0.1) is 12.1 Å². The van der Waals surface area contributed by atoms with Crippen LogP contribution in [0.1, 0.15) is 12.0 Å². The topological polar surface area (TPSA) is 61.4 Å². The van der Waals surface area contributed by atoms with E-state index in [1.165, 1.54) is 0 Å². The first kappa shape index (κ1) is 12.5. The molecule has 0 radical (unpaired) electrons. The van der Waals surface area contributed by atoms with Gasteiger partial charge in [-0.15, -0.1) is 0 Å². The maximum atomic E-state index is 11.9. The fourth-order valence-electron chi connectivity index (χ4n) is 1.87. The number of carbonyl (C=O) groups is 1. The standard InChI is InChI=1S/C12H15BrN2O2/c1-7-2-3-8(13)4-10(7)15-12(17)11-5-9(16)6-14-11/h2-4,9,11,14,16H,5-6H2,1H3,(H,15,17). The summed E-state index contributed by atoms with van der Waals surface area (Å²) in [6.45, 7) is 2.43. The summed E-state index contributed by atoms with van der Waals surface area (Å²) in [6, 6.07) is 5.45. The average molecular weight is 299 g/mol. The monoisotopic (exact) mass is 298 g/mol. The lowest BCUT2D eigenvalue weighted by Gasteiger charge is -2.13. The first-order valence-electron chi connectivity index (χ1n) is 5.54. The number of halogens is 1. The van der Waals surface area contributed by atoms with Crippen molar-refractivity contribution in [3.05, 3.63) is 28.2 Å². The lowest BCUT2D eigenvalue weighted by atomic mass is 10.1. The molecule has 2 unspecified atom stereocenters. The van der Waals surface area contributed by atoms with E-state index in [2.05, 4.69) is 26.6 Å². The van der Waals surface area contributed by atoms with Gasteiger partial charge in [-0.25, -0.2) is 0 Å². The summed E-state index contributed by atoms with van der Waals surface area (Å²) in [5, 5.41) is 15.2. The van der Waals surface area contributed by atoms with E-state index in [0.29, 0.717) is 13.0 Å². The maximum absolute atomic E-state index is 11.9. The van der Waals surface area contributed by atoms with Crippen LogP contribution >= 0.6 is 15.9 Å². The predicted molar refractivity (Wildman–Crippen MR) is 69.9 cm³/mol. The molecule has 1 saturated heterocycles. The van der Waals surface area contributed by atoms with Crippen LogP contribution in [0, 0.1) is 6.92 Å². The fourth-order valence-corrected chi connectivity index (χ4v) is 2.23. The highest BCUT2D eigenvalue weighted by Gasteiger charge is 2.28. The quantitative estimate of drug-likeness (QED) is 0.774. The Kier molecular flexibility index (Phi) is 3.81. The van der Waals surface area contributed by atoms with Gasteiger partial charge >= 0.3 is 0 Å². The number of anilines is 1. The van der Waals surface area contributed by atoms with E-state index in [-0.39, 0.29) is 11.9 Å². The lowest BCUT2D eigenvalue weighted by Crippen LogP contribution is -2.35. The number of aliphatic hydroxyl groups excluding tert-OH is 1. The molecule has 1 fully saturated rings. The molecule has 2 rings (SSSR count). The van der Waals surface area contributed by atoms with Crippen molar-refractivity contribution < 1.29 is 9.90 Å². The summed E-state index contributed by atoms with van der Waals surface area (Å²) < 4.78 is 0.929. The van der Waals surface area contributed by atoms with Crippen molar-refractivity contribution in [1.82, 2.24) is 5.32 Å². The Labute approximate surface area is 109 Å². The first-order chi connectivity index (χ1) is 8.06. The first-order valence-corrected chi connectivity index (χ1v) is 6.34. The smallest absolute Gasteiger partial charge is 0.241 e. The highest BCUT2D eigenvalue weighted by molar-refractivity contribution is 9.10. The molecule has 1 heterocycles. The van der Waals surface area contributed by atoms with Gasteiger partial charge in [0, 0.05) is 16.7 Å². The van der Waals surface area contributed by atoms with E-state index >= 15 is 0 Å². The molecular formula is C12H15BrN2O2. The number of hydrogen-bond acceptors (Lipinski definition) is 3. The zero-order chi connectivity index (χ0) is 12.4. The van der Waals surface area contributed by atoms with Crippen LogP contribution in [0.5, 0.6) is 0 Å². The molecule has 1 amide bonds. The molecule has 2 atom stereocenters. The van der Waals surface area contributed by atoms with Gasteiger partial charge in [0.1, 0.15) is 0 Å². The van der Waals surface area contributed by atoms with Gasteiger partial charge in [-0.2, -0.15) is 0 Å². The minimum atomic E-state index is -0.422. The summed E-state index contributed by atoms with van der Waals surface area (Å²) in [6.07, 6.45) is 0.0492. The Hall–Kier alpha value is -0.910. The Morgan fingerprint density at radius 1 is 1.59 bits per heavy atom. The molecule has 1 aliphatic heterocycles. The van der Waals surface area contributed by atoms with Crippen molar-refractivity contribution in [1.29, 1.82) is 0 Å². The Morgan fingerprint density at radius 2 is 2.35 bits per heavy atom. The zero-order valence-corrected chi connectivity index (χ0v) is 11.1. The molecule has 0 saturated carbocycles. The van der Waals surface area contributed by atoms with E-state index < -0.39 is 6.10 Å². The van der Waals surface area contributed by atoms with Crippen LogP contribution < -0.4 is 10.6 Å². The van der Waals surface area contributed by atoms with Crippen molar-refractivity contribution in [3.63, 3.8) is 0 Å². The lowest BCUT2D eigenvalue weighted by molar-refractivity contribution is -0.117. The number of β-amino-alcohol motifs (C(OH)–C–C–N with tert-alkyl or cyclic N) is 1. The van der Waals surface area contributed by atoms with Crippen LogP contribution in [-0.2, 0) is 4.79 Å². The third kappa shape index (κ3) is 3.06. The third-order valence-corrected chi connectivity index (χ3v) is 3.37. The molecule has 4 nitrogen and oxygen atoms in total. The summed E-state index contributed by atoms with van der Waals surface area (Å²) in [7, 11) is 0. The number of aryl methyl sites for hydroxylation is 1. The van der Waals surface area contributed by atoms with Crippen molar-refractivity contribution in [2.45, 2.75) is 25.5 Å². The summed E-state index contributed by atoms with van der Waals surface area (Å²) in [5.41, 5.74) is 1.81. The number of nitrogens with one attached hydrogen (secondary N) is 2. The molecule has 0 spiro atoms. The molecule has 1 aromatic carbocycles. The number of amides is 1. The molecule has 17 heavy (non-hydrogen) atoms. The number of rotatable bonds is 2. The highest BCUT2D eigenvalue weighted by atomic mass is 79.9. The van der Waals surface area contributed by atoms with Crippen LogP contribution in [0.3, 0.4) is 0 Å². The van der Waals surface area contributed by atoms with Crippen LogP contribution in [0.25, 0.3) is 0 Å². The SMILES string of the molecule is Cc1ccc(Br)cc1NC(=O)C1CC(O)CN1. The molecule has 0 bridgehead atoms. The summed E-state index contributed by atoms with van der Waals surface area (Å²) in [4.78, 5) is 11.9. The number of benzene rings is 1. The molecule has 0 aliphatic carbocycles. The number of carbonyl (C=O) groups excluding carboxylic acids is 1. The molecular weight excluding hydrogens is 284 g/mol. The second kappa shape index (κ2) is 5.16. The van der Waals surface area contributed by atoms with Crippen LogP contribution in [0.4, 0.5) is 5.69 Å². The minimum absolute atomic E-state index is 0.0947. The van der Waals surface area contributed by atoms with Crippen molar-refractivity contribution >= 4 is 27.5 Å². The number of aliphatic hydroxyl groups is 1. The Bertz CT molecular complexity index is 437. The van der Waals surface area contributed by atoms with Crippen molar-refractivity contribution in [3.8, 4) is 0 Å². The normalized spacial score (nSPS) is 23.7. The highest BCUT2D eigenvalue weighted by Crippen LogP contribution is 2.21. The second-order valence-corrected chi connectivity index (χ2v) is 5.21. The van der Waals surface area contributed by atoms with Crippen molar-refractivity contribution in [2.24, 2.45) is 0 Å². The van der Waals surface area contributed by atoms with Gasteiger partial charge in [0.2, 0.25) is 5.91 Å². The third-order valence-electron chi connectivity index (χ3n) is 2.88. The van der Waals surface area contributed by atoms with Gasteiger partial charge in [-0.1, -0.05) is 22.0 Å². The van der Waals surface area contributed by atoms with E-state index in [0.717, 1.165) is 15.7 Å². The largest absolute Gasteiger partial charge is 0.392 e. The molecule has 0 aromatic heterocycles. The molecule has 5 heteroatoms. The molecule has 3 N–H and O–H groups in total. The van der Waals surface area contributed by atoms with Gasteiger partial charge in [-0.3, -0.25) is 4.79 Å². The van der Waals surface area contributed by atoms with Gasteiger partial charge in [0.15, 0.2) is 0 Å². The molecule has 1 aromatic rings. The van der Waals surface area contributed by atoms with E-state index in [4.69, 9.17) is 0 Å². The summed E-state index contributed by atoms with van der Waals surface area (Å²) >= 11 is 3.37. The van der Waals surface area contributed by atoms with E-state index in [9.17, 15) is 9.90 Å².